The van der Waals surface area contributed by atoms with Gasteiger partial charge in [-0.2, -0.15) is 0 Å². The highest BCUT2D eigenvalue weighted by molar-refractivity contribution is 6.38. The second kappa shape index (κ2) is 5.32. The van der Waals surface area contributed by atoms with Crippen LogP contribution in [-0.4, -0.2) is 32.3 Å². The van der Waals surface area contributed by atoms with Gasteiger partial charge in [0.05, 0.1) is 37.4 Å². The van der Waals surface area contributed by atoms with Gasteiger partial charge in [-0.25, -0.2) is 4.79 Å². The van der Waals surface area contributed by atoms with Crippen molar-refractivity contribution in [2.24, 2.45) is 0 Å². The van der Waals surface area contributed by atoms with Crippen molar-refractivity contribution in [2.45, 2.75) is 0 Å². The van der Waals surface area contributed by atoms with Crippen molar-refractivity contribution in [1.29, 1.82) is 0 Å². The average molecular weight is 282 g/mol. The maximum Gasteiger partial charge on any atom is 0.340 e. The van der Waals surface area contributed by atoms with Gasteiger partial charge in [-0.05, 0) is 6.07 Å². The summed E-state index contributed by atoms with van der Waals surface area (Å²) in [5.74, 6) is 0.527. The number of fused-ring (bicyclic) bond motifs is 1. The van der Waals surface area contributed by atoms with E-state index in [1.807, 2.05) is 0 Å². The van der Waals surface area contributed by atoms with Gasteiger partial charge < -0.3 is 14.2 Å². The molecule has 0 radical (unpaired) electrons. The topological polar surface area (TPSA) is 57.7 Å². The minimum atomic E-state index is -0.533. The molecule has 0 saturated heterocycles. The van der Waals surface area contributed by atoms with E-state index in [2.05, 4.69) is 9.72 Å². The Labute approximate surface area is 115 Å². The normalized spacial score (nSPS) is 10.3. The second-order valence-electron chi connectivity index (χ2n) is 3.70. The highest BCUT2D eigenvalue weighted by Gasteiger charge is 2.16. The molecule has 2 rings (SSSR count). The van der Waals surface area contributed by atoms with Gasteiger partial charge in [-0.1, -0.05) is 11.6 Å². The van der Waals surface area contributed by atoms with Crippen molar-refractivity contribution < 1.29 is 19.0 Å². The van der Waals surface area contributed by atoms with Crippen molar-refractivity contribution in [1.82, 2.24) is 4.98 Å². The van der Waals surface area contributed by atoms with Crippen LogP contribution in [0.5, 0.6) is 11.5 Å². The van der Waals surface area contributed by atoms with Gasteiger partial charge >= 0.3 is 5.97 Å². The lowest BCUT2D eigenvalue weighted by atomic mass is 10.1. The maximum atomic E-state index is 11.6. The smallest absolute Gasteiger partial charge is 0.340 e. The van der Waals surface area contributed by atoms with E-state index in [4.69, 9.17) is 21.1 Å². The first-order chi connectivity index (χ1) is 9.12. The Kier molecular flexibility index (Phi) is 3.76. The number of carbonyl (C=O) groups is 1. The van der Waals surface area contributed by atoms with Crippen molar-refractivity contribution in [3.8, 4) is 11.5 Å². The molecule has 0 fully saturated rings. The molecule has 2 aromatic rings. The van der Waals surface area contributed by atoms with Gasteiger partial charge in [0, 0.05) is 17.6 Å². The van der Waals surface area contributed by atoms with E-state index in [1.54, 1.807) is 12.1 Å². The molecule has 5 nitrogen and oxygen atoms in total. The van der Waals surface area contributed by atoms with E-state index in [9.17, 15) is 4.79 Å². The van der Waals surface area contributed by atoms with E-state index in [0.717, 1.165) is 0 Å². The summed E-state index contributed by atoms with van der Waals surface area (Å²) in [6.45, 7) is 0. The van der Waals surface area contributed by atoms with Gasteiger partial charge in [0.2, 0.25) is 0 Å². The first-order valence-electron chi connectivity index (χ1n) is 5.41. The number of aromatic nitrogens is 1. The Morgan fingerprint density at radius 2 is 1.79 bits per heavy atom. The Morgan fingerprint density at radius 1 is 1.16 bits per heavy atom. The predicted molar refractivity (Wildman–Crippen MR) is 71.2 cm³/mol. The van der Waals surface area contributed by atoms with Crippen molar-refractivity contribution >= 4 is 28.5 Å². The number of hydrogen-bond donors (Lipinski definition) is 0. The van der Waals surface area contributed by atoms with Crippen LogP contribution in [0.25, 0.3) is 10.9 Å². The summed E-state index contributed by atoms with van der Waals surface area (Å²) < 4.78 is 15.0. The molecule has 1 aromatic heterocycles. The van der Waals surface area contributed by atoms with E-state index in [0.29, 0.717) is 22.4 Å². The number of hydrogen-bond acceptors (Lipinski definition) is 5. The Bertz CT molecular complexity index is 642. The van der Waals surface area contributed by atoms with Crippen LogP contribution in [0.15, 0.2) is 18.3 Å². The van der Waals surface area contributed by atoms with Crippen LogP contribution in [0.3, 0.4) is 0 Å². The summed E-state index contributed by atoms with van der Waals surface area (Å²) >= 11 is 6.20. The summed E-state index contributed by atoms with van der Waals surface area (Å²) in [6, 6.07) is 3.37. The van der Waals surface area contributed by atoms with Gasteiger partial charge in [-0.15, -0.1) is 0 Å². The minimum absolute atomic E-state index is 0.212. The zero-order valence-corrected chi connectivity index (χ0v) is 11.4. The Hall–Kier alpha value is -2.01. The highest BCUT2D eigenvalue weighted by Crippen LogP contribution is 2.35. The van der Waals surface area contributed by atoms with E-state index in [-0.39, 0.29) is 10.6 Å². The number of pyridine rings is 1. The van der Waals surface area contributed by atoms with Gasteiger partial charge in [0.1, 0.15) is 0 Å². The summed E-state index contributed by atoms with van der Waals surface area (Å²) in [7, 11) is 4.35. The number of methoxy groups -OCH3 is 3. The number of benzene rings is 1. The van der Waals surface area contributed by atoms with Crippen molar-refractivity contribution in [3.63, 3.8) is 0 Å². The van der Waals surface area contributed by atoms with Crippen LogP contribution >= 0.6 is 11.6 Å². The van der Waals surface area contributed by atoms with Gasteiger partial charge in [0.25, 0.3) is 0 Å². The van der Waals surface area contributed by atoms with Crippen molar-refractivity contribution in [2.75, 3.05) is 21.3 Å². The van der Waals surface area contributed by atoms with Crippen LogP contribution in [0.4, 0.5) is 0 Å². The molecular weight excluding hydrogens is 270 g/mol. The second-order valence-corrected chi connectivity index (χ2v) is 4.08. The molecule has 0 saturated carbocycles. The summed E-state index contributed by atoms with van der Waals surface area (Å²) in [6.07, 6.45) is 1.38. The molecule has 6 heteroatoms. The molecule has 0 aliphatic carbocycles. The molecular formula is C13H12ClNO4. The first kappa shape index (κ1) is 13.4. The van der Waals surface area contributed by atoms with Crippen LogP contribution in [-0.2, 0) is 4.74 Å². The molecule has 0 bridgehead atoms. The lowest BCUT2D eigenvalue weighted by Crippen LogP contribution is -2.03. The largest absolute Gasteiger partial charge is 0.493 e. The molecule has 1 heterocycles. The Balaban J connectivity index is 2.72. The number of carbonyl (C=O) groups excluding carboxylic acids is 1. The molecule has 1 aromatic carbocycles. The van der Waals surface area contributed by atoms with Crippen LogP contribution in [0.1, 0.15) is 10.4 Å². The third-order valence-electron chi connectivity index (χ3n) is 2.71. The molecule has 0 atom stereocenters. The fourth-order valence-electron chi connectivity index (χ4n) is 1.74. The Morgan fingerprint density at radius 3 is 2.37 bits per heavy atom. The molecule has 19 heavy (non-hydrogen) atoms. The quantitative estimate of drug-likeness (QED) is 0.810. The lowest BCUT2D eigenvalue weighted by molar-refractivity contribution is 0.0600. The standard InChI is InChI=1S/C13H12ClNO4/c1-17-10-4-7-9(5-11(10)18-2)15-6-8(12(7)14)13(16)19-3/h4-6H,1-3H3. The van der Waals surface area contributed by atoms with Gasteiger partial charge in [0.15, 0.2) is 11.5 Å². The maximum absolute atomic E-state index is 11.6. The summed E-state index contributed by atoms with van der Waals surface area (Å²) in [5, 5.41) is 0.875. The highest BCUT2D eigenvalue weighted by atomic mass is 35.5. The number of rotatable bonds is 3. The zero-order valence-electron chi connectivity index (χ0n) is 10.7. The molecule has 0 spiro atoms. The first-order valence-corrected chi connectivity index (χ1v) is 5.78. The van der Waals surface area contributed by atoms with Gasteiger partial charge in [-0.3, -0.25) is 4.98 Å². The lowest BCUT2D eigenvalue weighted by Gasteiger charge is -2.10. The predicted octanol–water partition coefficient (Wildman–Crippen LogP) is 2.69. The fraction of sp³-hybridized carbons (Fsp3) is 0.231. The number of halogens is 1. The van der Waals surface area contributed by atoms with Crippen molar-refractivity contribution in [3.05, 3.63) is 28.9 Å². The molecule has 0 aliphatic heterocycles. The fourth-order valence-corrected chi connectivity index (χ4v) is 2.02. The third-order valence-corrected chi connectivity index (χ3v) is 3.12. The number of esters is 1. The van der Waals surface area contributed by atoms with Crippen LogP contribution in [0.2, 0.25) is 5.02 Å². The monoisotopic (exact) mass is 281 g/mol. The van der Waals surface area contributed by atoms with E-state index < -0.39 is 5.97 Å². The minimum Gasteiger partial charge on any atom is -0.493 e. The molecule has 0 unspecified atom stereocenters. The SMILES string of the molecule is COC(=O)c1cnc2cc(OC)c(OC)cc2c1Cl. The van der Waals surface area contributed by atoms with Crippen LogP contribution in [0, 0.1) is 0 Å². The van der Waals surface area contributed by atoms with E-state index in [1.165, 1.54) is 27.5 Å². The summed E-state index contributed by atoms with van der Waals surface area (Å²) in [4.78, 5) is 15.7. The third kappa shape index (κ3) is 2.29. The zero-order chi connectivity index (χ0) is 14.0. The number of nitrogens with zero attached hydrogens (tertiary/aromatic N) is 1. The van der Waals surface area contributed by atoms with Crippen LogP contribution < -0.4 is 9.47 Å². The number of ether oxygens (including phenoxy) is 3. The molecule has 100 valence electrons. The average Bonchev–Trinajstić information content (AvgIpc) is 2.45. The molecule has 0 aliphatic rings. The van der Waals surface area contributed by atoms with E-state index >= 15 is 0 Å². The summed E-state index contributed by atoms with van der Waals surface area (Å²) in [5.41, 5.74) is 0.819. The molecule has 0 N–H and O–H groups in total. The molecule has 0 amide bonds.